The summed E-state index contributed by atoms with van der Waals surface area (Å²) < 4.78 is 2.13. The molecule has 2 rings (SSSR count). The van der Waals surface area contributed by atoms with E-state index in [0.717, 1.165) is 44.5 Å². The zero-order valence-electron chi connectivity index (χ0n) is 13.1. The van der Waals surface area contributed by atoms with Gasteiger partial charge in [0.05, 0.1) is 5.69 Å². The molecule has 1 N–H and O–H groups in total. The maximum absolute atomic E-state index is 4.45. The van der Waals surface area contributed by atoms with Gasteiger partial charge < -0.3 is 5.32 Å². The number of aryl methyl sites for hydroxylation is 2. The van der Waals surface area contributed by atoms with E-state index in [9.17, 15) is 0 Å². The minimum atomic E-state index is 0.348. The highest BCUT2D eigenvalue weighted by Gasteiger charge is 2.15. The lowest BCUT2D eigenvalue weighted by Gasteiger charge is -2.20. The molecular weight excluding hydrogens is 260 g/mol. The van der Waals surface area contributed by atoms with E-state index in [2.05, 4.69) is 52.1 Å². The van der Waals surface area contributed by atoms with Crippen LogP contribution < -0.4 is 5.32 Å². The fourth-order valence-corrected chi connectivity index (χ4v) is 2.55. The van der Waals surface area contributed by atoms with Gasteiger partial charge in [0, 0.05) is 30.7 Å². The largest absolute Gasteiger partial charge is 0.309 e. The van der Waals surface area contributed by atoms with Crippen LogP contribution in [0.5, 0.6) is 0 Å². The van der Waals surface area contributed by atoms with Crippen molar-refractivity contribution in [3.05, 3.63) is 48.0 Å². The second-order valence-electron chi connectivity index (χ2n) is 5.35. The van der Waals surface area contributed by atoms with Gasteiger partial charge >= 0.3 is 0 Å². The second kappa shape index (κ2) is 8.57. The number of nitrogens with one attached hydrogen (secondary N) is 1. The van der Waals surface area contributed by atoms with Crippen molar-refractivity contribution in [3.8, 4) is 0 Å². The Balaban J connectivity index is 2.04. The lowest BCUT2D eigenvalue weighted by molar-refractivity contribution is 0.447. The summed E-state index contributed by atoms with van der Waals surface area (Å²) in [6.07, 6.45) is 8.06. The van der Waals surface area contributed by atoms with Crippen LogP contribution >= 0.6 is 0 Å². The first-order valence-electron chi connectivity index (χ1n) is 8.00. The molecule has 114 valence electrons. The second-order valence-corrected chi connectivity index (χ2v) is 5.35. The zero-order chi connectivity index (χ0) is 14.9. The van der Waals surface area contributed by atoms with E-state index in [1.54, 1.807) is 0 Å². The molecular formula is C17H26N4. The number of aromatic nitrogens is 3. The van der Waals surface area contributed by atoms with Crippen molar-refractivity contribution in [2.24, 2.45) is 0 Å². The van der Waals surface area contributed by atoms with Crippen LogP contribution in [-0.2, 0) is 13.0 Å². The van der Waals surface area contributed by atoms with Crippen molar-refractivity contribution in [1.29, 1.82) is 0 Å². The molecule has 0 bridgehead atoms. The molecule has 4 heteroatoms. The Morgan fingerprint density at radius 1 is 1.14 bits per heavy atom. The topological polar surface area (TPSA) is 42.7 Å². The fourth-order valence-electron chi connectivity index (χ4n) is 2.55. The molecule has 0 spiro atoms. The highest BCUT2D eigenvalue weighted by molar-refractivity contribution is 5.09. The lowest BCUT2D eigenvalue weighted by Crippen LogP contribution is -2.25. The van der Waals surface area contributed by atoms with Gasteiger partial charge in [-0.2, -0.15) is 5.10 Å². The minimum Gasteiger partial charge on any atom is -0.309 e. The van der Waals surface area contributed by atoms with Crippen molar-refractivity contribution >= 4 is 0 Å². The van der Waals surface area contributed by atoms with Crippen molar-refractivity contribution < 1.29 is 0 Å². The summed E-state index contributed by atoms with van der Waals surface area (Å²) in [6.45, 7) is 6.40. The summed E-state index contributed by atoms with van der Waals surface area (Å²) in [4.78, 5) is 4.42. The third-order valence-corrected chi connectivity index (χ3v) is 3.60. The molecule has 1 unspecified atom stereocenters. The summed E-state index contributed by atoms with van der Waals surface area (Å²) in [6, 6.07) is 8.60. The number of nitrogens with zero attached hydrogens (tertiary/aromatic N) is 3. The SMILES string of the molecule is CCCNC(CCc1ccccn1)c1ccnn1CCC. The summed E-state index contributed by atoms with van der Waals surface area (Å²) in [5, 5.41) is 8.10. The first kappa shape index (κ1) is 15.7. The molecule has 21 heavy (non-hydrogen) atoms. The van der Waals surface area contributed by atoms with Crippen molar-refractivity contribution in [2.75, 3.05) is 6.54 Å². The molecule has 0 amide bonds. The predicted molar refractivity (Wildman–Crippen MR) is 86.1 cm³/mol. The molecule has 0 fully saturated rings. The molecule has 0 saturated carbocycles. The van der Waals surface area contributed by atoms with E-state index in [0.29, 0.717) is 6.04 Å². The summed E-state index contributed by atoms with van der Waals surface area (Å²) in [5.74, 6) is 0. The quantitative estimate of drug-likeness (QED) is 0.768. The Bertz CT molecular complexity index is 507. The normalized spacial score (nSPS) is 12.5. The highest BCUT2D eigenvalue weighted by atomic mass is 15.3. The van der Waals surface area contributed by atoms with Gasteiger partial charge in [0.1, 0.15) is 0 Å². The monoisotopic (exact) mass is 286 g/mol. The van der Waals surface area contributed by atoms with Gasteiger partial charge in [-0.3, -0.25) is 9.67 Å². The highest BCUT2D eigenvalue weighted by Crippen LogP contribution is 2.19. The van der Waals surface area contributed by atoms with Crippen LogP contribution in [0.25, 0.3) is 0 Å². The Morgan fingerprint density at radius 2 is 2.05 bits per heavy atom. The number of pyridine rings is 1. The summed E-state index contributed by atoms with van der Waals surface area (Å²) >= 11 is 0. The van der Waals surface area contributed by atoms with Crippen LogP contribution in [0.15, 0.2) is 36.7 Å². The molecule has 0 radical (unpaired) electrons. The molecule has 2 aromatic rings. The third kappa shape index (κ3) is 4.67. The van der Waals surface area contributed by atoms with Crippen LogP contribution in [0.4, 0.5) is 0 Å². The minimum absolute atomic E-state index is 0.348. The van der Waals surface area contributed by atoms with E-state index in [1.165, 1.54) is 5.69 Å². The predicted octanol–water partition coefficient (Wildman–Crippen LogP) is 3.36. The fraction of sp³-hybridized carbons (Fsp3) is 0.529. The van der Waals surface area contributed by atoms with Crippen molar-refractivity contribution in [2.45, 2.75) is 52.1 Å². The van der Waals surface area contributed by atoms with Crippen molar-refractivity contribution in [3.63, 3.8) is 0 Å². The van der Waals surface area contributed by atoms with Crippen LogP contribution in [0.1, 0.15) is 50.5 Å². The zero-order valence-corrected chi connectivity index (χ0v) is 13.1. The maximum atomic E-state index is 4.45. The van der Waals surface area contributed by atoms with Crippen molar-refractivity contribution in [1.82, 2.24) is 20.1 Å². The molecule has 1 atom stereocenters. The molecule has 0 aliphatic carbocycles. The van der Waals surface area contributed by atoms with Gasteiger partial charge in [0.25, 0.3) is 0 Å². The van der Waals surface area contributed by atoms with Crippen LogP contribution in [0.2, 0.25) is 0 Å². The first-order chi connectivity index (χ1) is 10.3. The van der Waals surface area contributed by atoms with Crippen LogP contribution in [-0.4, -0.2) is 21.3 Å². The smallest absolute Gasteiger partial charge is 0.0553 e. The van der Waals surface area contributed by atoms with Gasteiger partial charge in [-0.25, -0.2) is 0 Å². The van der Waals surface area contributed by atoms with Gasteiger partial charge in [-0.05, 0) is 50.4 Å². The third-order valence-electron chi connectivity index (χ3n) is 3.60. The summed E-state index contributed by atoms with van der Waals surface area (Å²) in [5.41, 5.74) is 2.45. The summed E-state index contributed by atoms with van der Waals surface area (Å²) in [7, 11) is 0. The number of hydrogen-bond acceptors (Lipinski definition) is 3. The molecule has 0 aromatic carbocycles. The van der Waals surface area contributed by atoms with E-state index in [-0.39, 0.29) is 0 Å². The van der Waals surface area contributed by atoms with E-state index in [4.69, 9.17) is 0 Å². The first-order valence-corrected chi connectivity index (χ1v) is 8.00. The Morgan fingerprint density at radius 3 is 2.76 bits per heavy atom. The number of rotatable bonds is 9. The Hall–Kier alpha value is -1.68. The molecule has 4 nitrogen and oxygen atoms in total. The molecule has 0 saturated heterocycles. The average molecular weight is 286 g/mol. The molecule has 2 aromatic heterocycles. The average Bonchev–Trinajstić information content (AvgIpc) is 2.97. The maximum Gasteiger partial charge on any atom is 0.0553 e. The number of hydrogen-bond donors (Lipinski definition) is 1. The standard InChI is InChI=1S/C17H26N4/c1-3-11-19-16(9-8-15-7-5-6-12-18-15)17-10-13-20-21(17)14-4-2/h5-7,10,12-13,16,19H,3-4,8-9,11,14H2,1-2H3. The molecule has 0 aliphatic rings. The van der Waals surface area contributed by atoms with E-state index in [1.807, 2.05) is 18.5 Å². The Labute approximate surface area is 127 Å². The van der Waals surface area contributed by atoms with Crippen LogP contribution in [0.3, 0.4) is 0 Å². The van der Waals surface area contributed by atoms with E-state index < -0.39 is 0 Å². The van der Waals surface area contributed by atoms with Gasteiger partial charge in [0.2, 0.25) is 0 Å². The van der Waals surface area contributed by atoms with Gasteiger partial charge in [0.15, 0.2) is 0 Å². The Kier molecular flexibility index (Phi) is 6.41. The van der Waals surface area contributed by atoms with Gasteiger partial charge in [-0.1, -0.05) is 19.9 Å². The molecule has 2 heterocycles. The van der Waals surface area contributed by atoms with Gasteiger partial charge in [-0.15, -0.1) is 0 Å². The van der Waals surface area contributed by atoms with E-state index >= 15 is 0 Å². The molecule has 0 aliphatic heterocycles. The van der Waals surface area contributed by atoms with Crippen LogP contribution in [0, 0.1) is 0 Å². The lowest BCUT2D eigenvalue weighted by atomic mass is 10.1.